The van der Waals surface area contributed by atoms with Crippen LogP contribution in [0, 0.1) is 0 Å². The van der Waals surface area contributed by atoms with Crippen molar-refractivity contribution in [2.24, 2.45) is 0 Å². The maximum absolute atomic E-state index is 13.7. The third-order valence-corrected chi connectivity index (χ3v) is 11.5. The van der Waals surface area contributed by atoms with Crippen molar-refractivity contribution in [1.29, 1.82) is 0 Å². The molecule has 1 amide bonds. The average molecular weight is 668 g/mol. The van der Waals surface area contributed by atoms with Crippen LogP contribution in [-0.2, 0) is 47.3 Å². The summed E-state index contributed by atoms with van der Waals surface area (Å²) in [4.78, 5) is 56.5. The monoisotopic (exact) mass is 667 g/mol. The molecule has 1 fully saturated rings. The molecule has 0 aliphatic carbocycles. The number of cyclic esters (lactones) is 1. The summed E-state index contributed by atoms with van der Waals surface area (Å²) >= 11 is 0. The number of rotatable bonds is 13. The fourth-order valence-corrected chi connectivity index (χ4v) is 9.12. The van der Waals surface area contributed by atoms with Crippen LogP contribution in [0.3, 0.4) is 0 Å². The highest BCUT2D eigenvalue weighted by Crippen LogP contribution is 2.41. The highest BCUT2D eigenvalue weighted by molar-refractivity contribution is 8.77. The highest BCUT2D eigenvalue weighted by atomic mass is 33.1. The molecule has 1 N–H and O–H groups in total. The standard InChI is InChI=1S/C33H37N3O8S2/c1-2-33(44-32(40)34-12-13-41-14-15-42-28(37)10-6-4-8-23-11-16-45-46-23)25-18-27-29-22(17-21-7-3-5-9-26(21)35-29)19-36(27)30(38)24(25)20-43-31(33)39/h3,5,7,9,17-18,23H,2,4,6,8,10-16,19-20H2,1H3,(H,34,40). The van der Waals surface area contributed by atoms with Gasteiger partial charge in [0.05, 0.1) is 42.2 Å². The SMILES string of the molecule is CCC1(OC(=O)NCCOCCOC(=O)CCCCC2CCSS2)C(=O)OCc2c1cc1n(c2=O)Cc2cc3ccccc3nc2-1. The zero-order chi connectivity index (χ0) is 32.1. The third-order valence-electron chi connectivity index (χ3n) is 8.54. The Bertz CT molecular complexity index is 1690. The molecule has 5 heterocycles. The lowest BCUT2D eigenvalue weighted by molar-refractivity contribution is -0.172. The Hall–Kier alpha value is -3.55. The Morgan fingerprint density at radius 2 is 2.02 bits per heavy atom. The van der Waals surface area contributed by atoms with Gasteiger partial charge in [-0.05, 0) is 43.9 Å². The van der Waals surface area contributed by atoms with Gasteiger partial charge in [0.25, 0.3) is 5.56 Å². The fraction of sp³-hybridized carbons (Fsp3) is 0.485. The minimum absolute atomic E-state index is 0.0631. The second-order valence-electron chi connectivity index (χ2n) is 11.5. The Morgan fingerprint density at radius 3 is 2.85 bits per heavy atom. The van der Waals surface area contributed by atoms with Crippen LogP contribution >= 0.6 is 21.6 Å². The van der Waals surface area contributed by atoms with Crippen LogP contribution in [0.15, 0.2) is 41.2 Å². The summed E-state index contributed by atoms with van der Waals surface area (Å²) in [5, 5.41) is 4.28. The van der Waals surface area contributed by atoms with Crippen LogP contribution in [0.4, 0.5) is 4.79 Å². The molecule has 3 aliphatic rings. The Labute approximate surface area is 274 Å². The minimum atomic E-state index is -1.80. The van der Waals surface area contributed by atoms with Gasteiger partial charge in [-0.2, -0.15) is 0 Å². The van der Waals surface area contributed by atoms with Gasteiger partial charge >= 0.3 is 18.0 Å². The Kier molecular flexibility index (Phi) is 10.2. The molecule has 0 radical (unpaired) electrons. The van der Waals surface area contributed by atoms with E-state index < -0.39 is 17.7 Å². The molecule has 2 aromatic heterocycles. The summed E-state index contributed by atoms with van der Waals surface area (Å²) in [7, 11) is 3.88. The highest BCUT2D eigenvalue weighted by Gasteiger charge is 2.50. The van der Waals surface area contributed by atoms with Gasteiger partial charge in [0, 0.05) is 40.5 Å². The van der Waals surface area contributed by atoms with Crippen molar-refractivity contribution in [2.75, 3.05) is 32.1 Å². The fourth-order valence-electron chi connectivity index (χ4n) is 6.10. The van der Waals surface area contributed by atoms with Gasteiger partial charge in [0.1, 0.15) is 13.2 Å². The molecule has 13 heteroatoms. The summed E-state index contributed by atoms with van der Waals surface area (Å²) < 4.78 is 23.5. The van der Waals surface area contributed by atoms with Gasteiger partial charge in [-0.15, -0.1) is 0 Å². The van der Waals surface area contributed by atoms with E-state index in [1.165, 1.54) is 12.2 Å². The van der Waals surface area contributed by atoms with E-state index in [-0.39, 0.29) is 56.5 Å². The van der Waals surface area contributed by atoms with Gasteiger partial charge in [-0.1, -0.05) is 53.1 Å². The van der Waals surface area contributed by atoms with Crippen LogP contribution in [-0.4, -0.2) is 65.0 Å². The molecule has 6 rings (SSSR count). The van der Waals surface area contributed by atoms with Crippen molar-refractivity contribution in [3.8, 4) is 11.4 Å². The van der Waals surface area contributed by atoms with Crippen LogP contribution in [0.1, 0.15) is 62.1 Å². The van der Waals surface area contributed by atoms with E-state index >= 15 is 0 Å². The van der Waals surface area contributed by atoms with Crippen molar-refractivity contribution in [1.82, 2.24) is 14.9 Å². The quantitative estimate of drug-likeness (QED) is 0.0885. The molecule has 11 nitrogen and oxygen atoms in total. The molecule has 1 aromatic carbocycles. The number of benzene rings is 1. The summed E-state index contributed by atoms with van der Waals surface area (Å²) in [6.07, 6.45) is 3.85. The number of pyridine rings is 2. The topological polar surface area (TPSA) is 135 Å². The molecular formula is C33H37N3O8S2. The molecule has 0 bridgehead atoms. The number of unbranched alkanes of at least 4 members (excludes halogenated alkanes) is 1. The number of alkyl carbamates (subject to hydrolysis) is 1. The van der Waals surface area contributed by atoms with Crippen molar-refractivity contribution >= 4 is 50.5 Å². The molecule has 3 aromatic rings. The molecule has 2 unspecified atom stereocenters. The van der Waals surface area contributed by atoms with Crippen LogP contribution in [0.25, 0.3) is 22.3 Å². The lowest BCUT2D eigenvalue weighted by atomic mass is 9.85. The van der Waals surface area contributed by atoms with Crippen LogP contribution in [0.2, 0.25) is 0 Å². The lowest BCUT2D eigenvalue weighted by Gasteiger charge is -2.35. The molecule has 1 saturated heterocycles. The minimum Gasteiger partial charge on any atom is -0.463 e. The van der Waals surface area contributed by atoms with Crippen LogP contribution in [0.5, 0.6) is 0 Å². The second-order valence-corrected chi connectivity index (χ2v) is 14.3. The molecule has 3 aliphatic heterocycles. The first-order valence-corrected chi connectivity index (χ1v) is 18.1. The van der Waals surface area contributed by atoms with Crippen molar-refractivity contribution < 1.29 is 33.3 Å². The number of hydrogen-bond acceptors (Lipinski definition) is 11. The van der Waals surface area contributed by atoms with Gasteiger partial charge < -0.3 is 28.8 Å². The number of esters is 2. The van der Waals surface area contributed by atoms with E-state index in [0.717, 1.165) is 35.7 Å². The number of para-hydroxylation sites is 1. The first-order chi connectivity index (χ1) is 22.4. The van der Waals surface area contributed by atoms with E-state index in [9.17, 15) is 19.2 Å². The predicted molar refractivity (Wildman–Crippen MR) is 175 cm³/mol. The Morgan fingerprint density at radius 1 is 1.15 bits per heavy atom. The second kappa shape index (κ2) is 14.5. The molecule has 244 valence electrons. The number of carbonyl (C=O) groups is 3. The lowest BCUT2D eigenvalue weighted by Crippen LogP contribution is -2.49. The number of aromatic nitrogens is 2. The molecule has 0 spiro atoms. The summed E-state index contributed by atoms with van der Waals surface area (Å²) in [6.45, 7) is 2.42. The van der Waals surface area contributed by atoms with Crippen molar-refractivity contribution in [2.45, 2.75) is 69.5 Å². The molecule has 0 saturated carbocycles. The zero-order valence-electron chi connectivity index (χ0n) is 25.7. The summed E-state index contributed by atoms with van der Waals surface area (Å²) in [5.74, 6) is 0.245. The van der Waals surface area contributed by atoms with E-state index in [0.29, 0.717) is 35.2 Å². The smallest absolute Gasteiger partial charge is 0.408 e. The van der Waals surface area contributed by atoms with Crippen LogP contribution < -0.4 is 10.9 Å². The zero-order valence-corrected chi connectivity index (χ0v) is 27.3. The number of ether oxygens (including phenoxy) is 4. The van der Waals surface area contributed by atoms with Crippen molar-refractivity contribution in [3.63, 3.8) is 0 Å². The maximum Gasteiger partial charge on any atom is 0.408 e. The van der Waals surface area contributed by atoms with E-state index in [4.69, 9.17) is 23.9 Å². The number of nitrogens with one attached hydrogen (secondary N) is 1. The number of nitrogens with zero attached hydrogens (tertiary/aromatic N) is 2. The van der Waals surface area contributed by atoms with Gasteiger partial charge in [0.2, 0.25) is 5.60 Å². The Balaban J connectivity index is 1.02. The molecular weight excluding hydrogens is 631 g/mol. The van der Waals surface area contributed by atoms with Gasteiger partial charge in [-0.3, -0.25) is 9.59 Å². The average Bonchev–Trinajstić information content (AvgIpc) is 3.71. The van der Waals surface area contributed by atoms with E-state index in [2.05, 4.69) is 5.32 Å². The number of hydrogen-bond donors (Lipinski definition) is 1. The molecule has 2 atom stereocenters. The molecule has 46 heavy (non-hydrogen) atoms. The summed E-state index contributed by atoms with van der Waals surface area (Å²) in [5.41, 5.74) is 1.41. The van der Waals surface area contributed by atoms with E-state index in [1.54, 1.807) is 17.6 Å². The number of amides is 1. The van der Waals surface area contributed by atoms with Gasteiger partial charge in [-0.25, -0.2) is 14.6 Å². The summed E-state index contributed by atoms with van der Waals surface area (Å²) in [6, 6.07) is 11.5. The van der Waals surface area contributed by atoms with Crippen molar-refractivity contribution in [3.05, 3.63) is 63.4 Å². The van der Waals surface area contributed by atoms with E-state index in [1.807, 2.05) is 51.9 Å². The maximum atomic E-state index is 13.7. The largest absolute Gasteiger partial charge is 0.463 e. The first kappa shape index (κ1) is 32.4. The predicted octanol–water partition coefficient (Wildman–Crippen LogP) is 5.09. The van der Waals surface area contributed by atoms with Gasteiger partial charge in [0.15, 0.2) is 0 Å². The normalized spacial score (nSPS) is 19.7. The number of fused-ring (bicyclic) bond motifs is 5. The number of carbonyl (C=O) groups excluding carboxylic acids is 3. The third kappa shape index (κ3) is 6.77. The first-order valence-electron chi connectivity index (χ1n) is 15.7.